The highest BCUT2D eigenvalue weighted by Gasteiger charge is 2.30. The van der Waals surface area contributed by atoms with Crippen molar-refractivity contribution in [2.75, 3.05) is 7.11 Å². The molecule has 0 radical (unpaired) electrons. The molecule has 0 aromatic carbocycles. The summed E-state index contributed by atoms with van der Waals surface area (Å²) in [6.07, 6.45) is 9.48. The maximum absolute atomic E-state index is 5.81. The molecule has 21 heavy (non-hydrogen) atoms. The van der Waals surface area contributed by atoms with Gasteiger partial charge in [-0.15, -0.1) is 0 Å². The van der Waals surface area contributed by atoms with Gasteiger partial charge in [-0.2, -0.15) is 5.10 Å². The van der Waals surface area contributed by atoms with Gasteiger partial charge in [-0.05, 0) is 38.7 Å². The highest BCUT2D eigenvalue weighted by Crippen LogP contribution is 2.29. The molecule has 1 aliphatic carbocycles. The first-order valence-corrected chi connectivity index (χ1v) is 8.18. The van der Waals surface area contributed by atoms with Crippen LogP contribution in [0.25, 0.3) is 0 Å². The fourth-order valence-electron chi connectivity index (χ4n) is 3.42. The van der Waals surface area contributed by atoms with E-state index >= 15 is 0 Å². The second-order valence-electron chi connectivity index (χ2n) is 6.46. The third kappa shape index (κ3) is 4.28. The van der Waals surface area contributed by atoms with E-state index in [4.69, 9.17) is 10.6 Å². The summed E-state index contributed by atoms with van der Waals surface area (Å²) in [5.41, 5.74) is 4.04. The number of ether oxygens (including phenoxy) is 1. The van der Waals surface area contributed by atoms with Crippen LogP contribution in [0.2, 0.25) is 0 Å². The van der Waals surface area contributed by atoms with Gasteiger partial charge >= 0.3 is 0 Å². The van der Waals surface area contributed by atoms with Gasteiger partial charge in [-0.25, -0.2) is 0 Å². The van der Waals surface area contributed by atoms with Crippen LogP contribution in [-0.4, -0.2) is 29.0 Å². The van der Waals surface area contributed by atoms with Crippen LogP contribution < -0.4 is 11.3 Å². The van der Waals surface area contributed by atoms with E-state index in [0.717, 1.165) is 12.1 Å². The number of methoxy groups -OCH3 is 1. The van der Waals surface area contributed by atoms with E-state index in [0.29, 0.717) is 12.0 Å². The van der Waals surface area contributed by atoms with Crippen molar-refractivity contribution in [1.29, 1.82) is 0 Å². The zero-order valence-corrected chi connectivity index (χ0v) is 13.6. The standard InChI is InChI=1S/C16H30N4O/c1-12(2)20-10-9-14(19-20)11-15(18-17)16(21-3)13-7-5-4-6-8-13/h9-10,12-13,15-16,18H,4-8,11,17H2,1-3H3. The van der Waals surface area contributed by atoms with Crippen LogP contribution in [-0.2, 0) is 11.2 Å². The van der Waals surface area contributed by atoms with Crippen LogP contribution in [0.1, 0.15) is 57.7 Å². The zero-order valence-electron chi connectivity index (χ0n) is 13.6. The number of nitrogens with one attached hydrogen (secondary N) is 1. The lowest BCUT2D eigenvalue weighted by Gasteiger charge is -2.34. The van der Waals surface area contributed by atoms with Gasteiger partial charge in [0.05, 0.1) is 17.8 Å². The second-order valence-corrected chi connectivity index (χ2v) is 6.46. The third-order valence-corrected chi connectivity index (χ3v) is 4.62. The number of nitrogens with zero attached hydrogens (tertiary/aromatic N) is 2. The van der Waals surface area contributed by atoms with Crippen molar-refractivity contribution in [3.63, 3.8) is 0 Å². The Hall–Kier alpha value is -0.910. The van der Waals surface area contributed by atoms with Crippen molar-refractivity contribution < 1.29 is 4.74 Å². The Bertz CT molecular complexity index is 412. The molecule has 1 fully saturated rings. The lowest BCUT2D eigenvalue weighted by atomic mass is 9.81. The Labute approximate surface area is 128 Å². The number of hydrogen-bond acceptors (Lipinski definition) is 4. The van der Waals surface area contributed by atoms with Gasteiger partial charge in [-0.1, -0.05) is 19.3 Å². The van der Waals surface area contributed by atoms with E-state index in [2.05, 4.69) is 30.4 Å². The zero-order chi connectivity index (χ0) is 15.2. The van der Waals surface area contributed by atoms with Crippen LogP contribution >= 0.6 is 0 Å². The molecule has 1 aromatic heterocycles. The van der Waals surface area contributed by atoms with E-state index in [9.17, 15) is 0 Å². The summed E-state index contributed by atoms with van der Waals surface area (Å²) in [4.78, 5) is 0. The summed E-state index contributed by atoms with van der Waals surface area (Å²) in [7, 11) is 1.80. The first-order valence-electron chi connectivity index (χ1n) is 8.18. The van der Waals surface area contributed by atoms with Crippen LogP contribution in [0.5, 0.6) is 0 Å². The van der Waals surface area contributed by atoms with Crippen molar-refractivity contribution in [3.05, 3.63) is 18.0 Å². The molecule has 5 nitrogen and oxygen atoms in total. The monoisotopic (exact) mass is 294 g/mol. The average molecular weight is 294 g/mol. The molecule has 0 aliphatic heterocycles. The predicted molar refractivity (Wildman–Crippen MR) is 84.8 cm³/mol. The SMILES string of the molecule is COC(C1CCCCC1)C(Cc1ccn(C(C)C)n1)NN. The molecule has 120 valence electrons. The summed E-state index contributed by atoms with van der Waals surface area (Å²) in [6.45, 7) is 4.27. The molecule has 1 heterocycles. The molecule has 0 saturated heterocycles. The molecule has 1 aromatic rings. The lowest BCUT2D eigenvalue weighted by Crippen LogP contribution is -2.49. The largest absolute Gasteiger partial charge is 0.379 e. The van der Waals surface area contributed by atoms with Gasteiger partial charge in [-0.3, -0.25) is 16.0 Å². The number of nitrogens with two attached hydrogens (primary N) is 1. The normalized spacial score (nSPS) is 19.9. The quantitative estimate of drug-likeness (QED) is 0.599. The number of hydrogen-bond donors (Lipinski definition) is 2. The molecule has 3 N–H and O–H groups in total. The molecular formula is C16H30N4O. The molecule has 0 spiro atoms. The highest BCUT2D eigenvalue weighted by molar-refractivity contribution is 5.03. The minimum Gasteiger partial charge on any atom is -0.379 e. The van der Waals surface area contributed by atoms with E-state index in [1.54, 1.807) is 7.11 Å². The maximum Gasteiger partial charge on any atom is 0.0769 e. The number of aromatic nitrogens is 2. The van der Waals surface area contributed by atoms with E-state index < -0.39 is 0 Å². The number of hydrazine groups is 1. The Kier molecular flexibility index (Phi) is 6.21. The lowest BCUT2D eigenvalue weighted by molar-refractivity contribution is 0.00801. The van der Waals surface area contributed by atoms with Gasteiger partial charge in [0.1, 0.15) is 0 Å². The van der Waals surface area contributed by atoms with Crippen LogP contribution in [0.15, 0.2) is 12.3 Å². The van der Waals surface area contributed by atoms with Crippen LogP contribution in [0.4, 0.5) is 0 Å². The molecule has 1 aliphatic rings. The van der Waals surface area contributed by atoms with Crippen molar-refractivity contribution >= 4 is 0 Å². The number of rotatable bonds is 7. The van der Waals surface area contributed by atoms with Crippen LogP contribution in [0, 0.1) is 5.92 Å². The van der Waals surface area contributed by atoms with Crippen molar-refractivity contribution in [1.82, 2.24) is 15.2 Å². The summed E-state index contributed by atoms with van der Waals surface area (Å²) in [5, 5.41) is 4.62. The molecule has 0 bridgehead atoms. The minimum atomic E-state index is 0.119. The molecule has 2 unspecified atom stereocenters. The van der Waals surface area contributed by atoms with E-state index in [1.807, 2.05) is 10.9 Å². The smallest absolute Gasteiger partial charge is 0.0769 e. The first kappa shape index (κ1) is 16.5. The first-order chi connectivity index (χ1) is 10.2. The second kappa shape index (κ2) is 7.92. The van der Waals surface area contributed by atoms with Crippen LogP contribution in [0.3, 0.4) is 0 Å². The van der Waals surface area contributed by atoms with Crippen molar-refractivity contribution in [2.45, 2.75) is 70.6 Å². The molecular weight excluding hydrogens is 264 g/mol. The topological polar surface area (TPSA) is 65.1 Å². The Morgan fingerprint density at radius 3 is 2.62 bits per heavy atom. The fraction of sp³-hybridized carbons (Fsp3) is 0.812. The van der Waals surface area contributed by atoms with Gasteiger partial charge in [0.25, 0.3) is 0 Å². The summed E-state index contributed by atoms with van der Waals surface area (Å²) in [5.74, 6) is 6.41. The third-order valence-electron chi connectivity index (χ3n) is 4.62. The molecule has 1 saturated carbocycles. The molecule has 5 heteroatoms. The maximum atomic E-state index is 5.81. The van der Waals surface area contributed by atoms with Crippen molar-refractivity contribution in [2.24, 2.45) is 11.8 Å². The minimum absolute atomic E-state index is 0.119. The predicted octanol–water partition coefficient (Wildman–Crippen LogP) is 2.43. The molecule has 2 atom stereocenters. The Balaban J connectivity index is 2.02. The summed E-state index contributed by atoms with van der Waals surface area (Å²) in [6, 6.07) is 2.59. The van der Waals surface area contributed by atoms with Gasteiger partial charge in [0, 0.05) is 25.8 Å². The average Bonchev–Trinajstić information content (AvgIpc) is 2.97. The van der Waals surface area contributed by atoms with E-state index in [1.165, 1.54) is 32.1 Å². The van der Waals surface area contributed by atoms with Gasteiger partial charge < -0.3 is 4.74 Å². The Morgan fingerprint density at radius 1 is 1.38 bits per heavy atom. The fourth-order valence-corrected chi connectivity index (χ4v) is 3.42. The van der Waals surface area contributed by atoms with E-state index in [-0.39, 0.29) is 12.1 Å². The Morgan fingerprint density at radius 2 is 2.10 bits per heavy atom. The summed E-state index contributed by atoms with van der Waals surface area (Å²) >= 11 is 0. The molecule has 0 amide bonds. The molecule has 2 rings (SSSR count). The highest BCUT2D eigenvalue weighted by atomic mass is 16.5. The van der Waals surface area contributed by atoms with Gasteiger partial charge in [0.15, 0.2) is 0 Å². The van der Waals surface area contributed by atoms with Crippen molar-refractivity contribution in [3.8, 4) is 0 Å². The summed E-state index contributed by atoms with van der Waals surface area (Å²) < 4.78 is 7.78. The van der Waals surface area contributed by atoms with Gasteiger partial charge in [0.2, 0.25) is 0 Å².